The highest BCUT2D eigenvalue weighted by Gasteiger charge is 2.10. The number of nitrogens with one attached hydrogen (secondary N) is 1. The van der Waals surface area contributed by atoms with Gasteiger partial charge in [0.05, 0.1) is 28.3 Å². The molecule has 4 rings (SSSR count). The molecule has 1 atom stereocenters. The minimum atomic E-state index is 0.170. The van der Waals surface area contributed by atoms with E-state index in [9.17, 15) is 0 Å². The Balaban J connectivity index is 1.49. The molecule has 1 N–H and O–H groups in total. The zero-order valence-electron chi connectivity index (χ0n) is 15.3. The maximum atomic E-state index is 9.01. The average Bonchev–Trinajstić information content (AvgIpc) is 3.16. The van der Waals surface area contributed by atoms with Gasteiger partial charge in [0, 0.05) is 35.1 Å². The third-order valence-corrected chi connectivity index (χ3v) is 4.85. The molecule has 0 spiro atoms. The normalized spacial score (nSPS) is 11.9. The number of aromatic nitrogens is 3. The Morgan fingerprint density at radius 1 is 1.18 bits per heavy atom. The summed E-state index contributed by atoms with van der Waals surface area (Å²) in [6.45, 7) is 2.83. The number of halogens is 1. The molecule has 0 saturated heterocycles. The molecule has 5 nitrogen and oxygen atoms in total. The number of benzene rings is 2. The van der Waals surface area contributed by atoms with Crippen LogP contribution in [0.15, 0.2) is 67.0 Å². The highest BCUT2D eigenvalue weighted by Crippen LogP contribution is 2.25. The molecule has 0 bridgehead atoms. The van der Waals surface area contributed by atoms with Gasteiger partial charge in [0.15, 0.2) is 0 Å². The third-order valence-electron chi connectivity index (χ3n) is 4.54. The molecule has 0 aliphatic carbocycles. The highest BCUT2D eigenvalue weighted by molar-refractivity contribution is 6.32. The summed E-state index contributed by atoms with van der Waals surface area (Å²) in [4.78, 5) is 4.40. The molecule has 0 unspecified atom stereocenters. The predicted molar refractivity (Wildman–Crippen MR) is 112 cm³/mol. The van der Waals surface area contributed by atoms with Gasteiger partial charge in [-0.05, 0) is 37.3 Å². The van der Waals surface area contributed by atoms with Crippen LogP contribution in [0.5, 0.6) is 0 Å². The van der Waals surface area contributed by atoms with Crippen molar-refractivity contribution in [3.8, 4) is 17.3 Å². The van der Waals surface area contributed by atoms with Gasteiger partial charge in [0.25, 0.3) is 0 Å². The van der Waals surface area contributed by atoms with Gasteiger partial charge in [-0.25, -0.2) is 0 Å². The number of para-hydroxylation sites is 1. The molecule has 28 heavy (non-hydrogen) atoms. The summed E-state index contributed by atoms with van der Waals surface area (Å²) in [6.07, 6.45) is 3.77. The van der Waals surface area contributed by atoms with Crippen molar-refractivity contribution >= 4 is 28.2 Å². The van der Waals surface area contributed by atoms with Crippen molar-refractivity contribution in [3.63, 3.8) is 0 Å². The summed E-state index contributed by atoms with van der Waals surface area (Å²) in [5, 5.41) is 18.7. The van der Waals surface area contributed by atoms with E-state index in [1.54, 1.807) is 12.1 Å². The van der Waals surface area contributed by atoms with Gasteiger partial charge < -0.3 is 5.32 Å². The topological polar surface area (TPSA) is 66.5 Å². The minimum absolute atomic E-state index is 0.170. The first-order valence-corrected chi connectivity index (χ1v) is 9.35. The maximum absolute atomic E-state index is 9.01. The first-order valence-electron chi connectivity index (χ1n) is 8.98. The minimum Gasteiger partial charge on any atom is -0.380 e. The van der Waals surface area contributed by atoms with Crippen LogP contribution in [-0.2, 0) is 6.54 Å². The molecule has 0 aliphatic heterocycles. The van der Waals surface area contributed by atoms with Crippen molar-refractivity contribution in [2.45, 2.75) is 19.5 Å². The molecule has 2 heterocycles. The number of hydrogen-bond donors (Lipinski definition) is 1. The summed E-state index contributed by atoms with van der Waals surface area (Å²) in [6, 6.07) is 19.6. The monoisotopic (exact) mass is 387 g/mol. The fourth-order valence-corrected chi connectivity index (χ4v) is 3.42. The smallest absolute Gasteiger partial charge is 0.101 e. The molecule has 4 aromatic rings. The summed E-state index contributed by atoms with van der Waals surface area (Å²) in [7, 11) is 0. The Kier molecular flexibility index (Phi) is 4.96. The largest absolute Gasteiger partial charge is 0.380 e. The van der Waals surface area contributed by atoms with Crippen LogP contribution in [0.25, 0.3) is 22.2 Å². The van der Waals surface area contributed by atoms with E-state index >= 15 is 0 Å². The molecule has 6 heteroatoms. The summed E-state index contributed by atoms with van der Waals surface area (Å²) in [5.41, 5.74) is 4.21. The van der Waals surface area contributed by atoms with E-state index in [1.165, 1.54) is 0 Å². The van der Waals surface area contributed by atoms with Crippen LogP contribution >= 0.6 is 11.6 Å². The summed E-state index contributed by atoms with van der Waals surface area (Å²) in [5.74, 6) is 0. The van der Waals surface area contributed by atoms with Gasteiger partial charge in [-0.3, -0.25) is 9.67 Å². The fourth-order valence-electron chi connectivity index (χ4n) is 3.20. The number of nitrogens with zero attached hydrogens (tertiary/aromatic N) is 4. The molecule has 2 aromatic carbocycles. The van der Waals surface area contributed by atoms with Crippen LogP contribution in [0, 0.1) is 11.3 Å². The van der Waals surface area contributed by atoms with E-state index in [0.29, 0.717) is 17.1 Å². The molecule has 0 amide bonds. The van der Waals surface area contributed by atoms with Crippen molar-refractivity contribution in [1.82, 2.24) is 14.8 Å². The lowest BCUT2D eigenvalue weighted by molar-refractivity contribution is 0.562. The summed E-state index contributed by atoms with van der Waals surface area (Å²) < 4.78 is 1.91. The van der Waals surface area contributed by atoms with E-state index in [4.69, 9.17) is 16.9 Å². The Labute approximate surface area is 168 Å². The van der Waals surface area contributed by atoms with Crippen LogP contribution in [0.3, 0.4) is 0 Å². The number of nitriles is 1. The van der Waals surface area contributed by atoms with E-state index < -0.39 is 0 Å². The quantitative estimate of drug-likeness (QED) is 0.515. The Morgan fingerprint density at radius 3 is 2.86 bits per heavy atom. The van der Waals surface area contributed by atoms with Crippen LogP contribution in [0.2, 0.25) is 5.02 Å². The lowest BCUT2D eigenvalue weighted by Crippen LogP contribution is -2.22. The molecule has 2 aromatic heterocycles. The maximum Gasteiger partial charge on any atom is 0.101 e. The van der Waals surface area contributed by atoms with Crippen molar-refractivity contribution in [3.05, 3.63) is 77.6 Å². The van der Waals surface area contributed by atoms with Gasteiger partial charge in [0.2, 0.25) is 0 Å². The van der Waals surface area contributed by atoms with Gasteiger partial charge in [-0.2, -0.15) is 10.4 Å². The lowest BCUT2D eigenvalue weighted by Gasteiger charge is -2.16. The molecular formula is C22H18ClN5. The molecule has 138 valence electrons. The molecule has 0 radical (unpaired) electrons. The van der Waals surface area contributed by atoms with E-state index in [1.807, 2.05) is 53.5 Å². The number of fused-ring (bicyclic) bond motifs is 1. The van der Waals surface area contributed by atoms with Gasteiger partial charge in [0.1, 0.15) is 6.07 Å². The first-order chi connectivity index (χ1) is 13.6. The Morgan fingerprint density at radius 2 is 2.04 bits per heavy atom. The Bertz CT molecular complexity index is 1170. The van der Waals surface area contributed by atoms with E-state index in [2.05, 4.69) is 34.5 Å². The zero-order chi connectivity index (χ0) is 19.5. The Hall–Kier alpha value is -3.36. The van der Waals surface area contributed by atoms with Crippen LogP contribution < -0.4 is 5.32 Å². The van der Waals surface area contributed by atoms with Crippen molar-refractivity contribution in [2.24, 2.45) is 0 Å². The van der Waals surface area contributed by atoms with Crippen molar-refractivity contribution < 1.29 is 0 Å². The van der Waals surface area contributed by atoms with Crippen LogP contribution in [0.1, 0.15) is 12.5 Å². The highest BCUT2D eigenvalue weighted by atomic mass is 35.5. The number of anilines is 1. The van der Waals surface area contributed by atoms with E-state index in [0.717, 1.165) is 27.8 Å². The molecular weight excluding hydrogens is 370 g/mol. The summed E-state index contributed by atoms with van der Waals surface area (Å²) >= 11 is 6.14. The van der Waals surface area contributed by atoms with Gasteiger partial charge in [-0.15, -0.1) is 0 Å². The number of rotatable bonds is 5. The van der Waals surface area contributed by atoms with Crippen LogP contribution in [-0.4, -0.2) is 20.8 Å². The second-order valence-electron chi connectivity index (χ2n) is 6.65. The van der Waals surface area contributed by atoms with Crippen molar-refractivity contribution in [1.29, 1.82) is 5.26 Å². The number of pyridine rings is 1. The molecule has 0 saturated carbocycles. The lowest BCUT2D eigenvalue weighted by atomic mass is 10.1. The van der Waals surface area contributed by atoms with Gasteiger partial charge >= 0.3 is 0 Å². The van der Waals surface area contributed by atoms with Crippen molar-refractivity contribution in [2.75, 3.05) is 5.32 Å². The SMILES string of the molecule is C[C@@H](Cn1ccc(-c2ccc(C#N)c(Cl)c2)n1)Nc1ccnc2ccccc12. The van der Waals surface area contributed by atoms with Crippen LogP contribution in [0.4, 0.5) is 5.69 Å². The third kappa shape index (κ3) is 3.68. The molecule has 0 fully saturated rings. The number of hydrogen-bond acceptors (Lipinski definition) is 4. The standard InChI is InChI=1S/C22H18ClN5/c1-15(26-22-8-10-25-21-5-3-2-4-18(21)22)14-28-11-9-20(27-28)16-6-7-17(13-24)19(23)12-16/h2-12,15H,14H2,1H3,(H,25,26)/t15-/m0/s1. The van der Waals surface area contributed by atoms with E-state index in [-0.39, 0.29) is 6.04 Å². The van der Waals surface area contributed by atoms with Gasteiger partial charge in [-0.1, -0.05) is 35.9 Å². The molecule has 0 aliphatic rings. The zero-order valence-corrected chi connectivity index (χ0v) is 16.1. The average molecular weight is 388 g/mol. The predicted octanol–water partition coefficient (Wildman–Crippen LogP) is 5.12. The fraction of sp³-hybridized carbons (Fsp3) is 0.136. The second kappa shape index (κ2) is 7.71. The first kappa shape index (κ1) is 18.0. The second-order valence-corrected chi connectivity index (χ2v) is 7.06.